The van der Waals surface area contributed by atoms with Crippen LogP contribution in [0.5, 0.6) is 0 Å². The predicted molar refractivity (Wildman–Crippen MR) is 101 cm³/mol. The van der Waals surface area contributed by atoms with E-state index in [0.29, 0.717) is 24.6 Å². The van der Waals surface area contributed by atoms with Crippen LogP contribution in [0.25, 0.3) is 0 Å². The van der Waals surface area contributed by atoms with Gasteiger partial charge in [0.05, 0.1) is 4.90 Å². The average molecular weight is 370 g/mol. The van der Waals surface area contributed by atoms with Gasteiger partial charge in [-0.2, -0.15) is 0 Å². The first-order chi connectivity index (χ1) is 11.5. The van der Waals surface area contributed by atoms with Gasteiger partial charge < -0.3 is 11.1 Å². The van der Waals surface area contributed by atoms with E-state index in [2.05, 4.69) is 23.9 Å². The second-order valence-electron chi connectivity index (χ2n) is 7.59. The van der Waals surface area contributed by atoms with Gasteiger partial charge in [-0.3, -0.25) is 4.79 Å². The molecule has 1 aromatic rings. The number of nitrogens with two attached hydrogens (primary N) is 1. The lowest BCUT2D eigenvalue weighted by Crippen LogP contribution is -2.52. The van der Waals surface area contributed by atoms with E-state index in [1.165, 1.54) is 24.3 Å². The number of amides is 1. The van der Waals surface area contributed by atoms with Crippen molar-refractivity contribution < 1.29 is 13.2 Å². The maximum absolute atomic E-state index is 12.4. The van der Waals surface area contributed by atoms with Crippen LogP contribution in [0.1, 0.15) is 51.4 Å². The Morgan fingerprint density at radius 2 is 1.68 bits per heavy atom. The third-order valence-electron chi connectivity index (χ3n) is 3.83. The molecule has 0 fully saturated rings. The fourth-order valence-corrected chi connectivity index (χ4v) is 3.79. The molecule has 4 N–H and O–H groups in total. The Balaban J connectivity index is 2.86. The summed E-state index contributed by atoms with van der Waals surface area (Å²) < 4.78 is 26.9. The SMILES string of the molecule is CC(C)CNS(=O)(=O)c1ccc(C(=O)NC(C)(CN)CC(C)C)cc1. The average Bonchev–Trinajstić information content (AvgIpc) is 2.52. The van der Waals surface area contributed by atoms with Gasteiger partial charge in [-0.1, -0.05) is 27.7 Å². The number of hydrogen-bond acceptors (Lipinski definition) is 4. The number of sulfonamides is 1. The van der Waals surface area contributed by atoms with E-state index in [1.807, 2.05) is 20.8 Å². The Morgan fingerprint density at radius 3 is 2.12 bits per heavy atom. The summed E-state index contributed by atoms with van der Waals surface area (Å²) in [6.07, 6.45) is 0.765. The van der Waals surface area contributed by atoms with Gasteiger partial charge >= 0.3 is 0 Å². The van der Waals surface area contributed by atoms with Gasteiger partial charge in [0.1, 0.15) is 0 Å². The highest BCUT2D eigenvalue weighted by Gasteiger charge is 2.26. The first-order valence-corrected chi connectivity index (χ1v) is 10.1. The van der Waals surface area contributed by atoms with Crippen molar-refractivity contribution in [1.82, 2.24) is 10.0 Å². The molecule has 1 atom stereocenters. The van der Waals surface area contributed by atoms with E-state index in [-0.39, 0.29) is 16.7 Å². The number of carbonyl (C=O) groups is 1. The molecular formula is C18H31N3O3S. The van der Waals surface area contributed by atoms with Gasteiger partial charge in [-0.15, -0.1) is 0 Å². The van der Waals surface area contributed by atoms with Crippen molar-refractivity contribution in [3.8, 4) is 0 Å². The highest BCUT2D eigenvalue weighted by molar-refractivity contribution is 7.89. The molecule has 0 heterocycles. The van der Waals surface area contributed by atoms with Gasteiger partial charge in [0.2, 0.25) is 10.0 Å². The first-order valence-electron chi connectivity index (χ1n) is 8.61. The number of benzene rings is 1. The summed E-state index contributed by atoms with van der Waals surface area (Å²) in [7, 11) is -3.56. The quantitative estimate of drug-likeness (QED) is 0.620. The van der Waals surface area contributed by atoms with Crippen molar-refractivity contribution in [1.29, 1.82) is 0 Å². The Morgan fingerprint density at radius 1 is 1.12 bits per heavy atom. The predicted octanol–water partition coefficient (Wildman–Crippen LogP) is 2.11. The second kappa shape index (κ2) is 8.78. The smallest absolute Gasteiger partial charge is 0.251 e. The molecule has 1 unspecified atom stereocenters. The molecule has 1 aromatic carbocycles. The van der Waals surface area contributed by atoms with Gasteiger partial charge in [-0.25, -0.2) is 13.1 Å². The van der Waals surface area contributed by atoms with Crippen LogP contribution in [-0.2, 0) is 10.0 Å². The van der Waals surface area contributed by atoms with E-state index in [1.54, 1.807) is 0 Å². The molecule has 142 valence electrons. The van der Waals surface area contributed by atoms with Crippen molar-refractivity contribution in [2.75, 3.05) is 13.1 Å². The van der Waals surface area contributed by atoms with E-state index < -0.39 is 15.6 Å². The molecule has 6 nitrogen and oxygen atoms in total. The van der Waals surface area contributed by atoms with Crippen LogP contribution < -0.4 is 15.8 Å². The third kappa shape index (κ3) is 6.76. The Kier molecular flexibility index (Phi) is 7.59. The molecule has 0 saturated heterocycles. The van der Waals surface area contributed by atoms with Crippen molar-refractivity contribution in [3.05, 3.63) is 29.8 Å². The molecule has 1 rings (SSSR count). The van der Waals surface area contributed by atoms with Gasteiger partial charge in [-0.05, 0) is 49.4 Å². The minimum atomic E-state index is -3.56. The molecule has 0 aliphatic carbocycles. The normalized spacial score (nSPS) is 14.6. The fourth-order valence-electron chi connectivity index (χ4n) is 2.58. The topological polar surface area (TPSA) is 101 Å². The molecular weight excluding hydrogens is 338 g/mol. The Labute approximate surface area is 151 Å². The molecule has 7 heteroatoms. The van der Waals surface area contributed by atoms with E-state index in [4.69, 9.17) is 5.73 Å². The minimum Gasteiger partial charge on any atom is -0.346 e. The summed E-state index contributed by atoms with van der Waals surface area (Å²) in [5.74, 6) is 0.357. The zero-order chi connectivity index (χ0) is 19.3. The van der Waals surface area contributed by atoms with E-state index >= 15 is 0 Å². The largest absolute Gasteiger partial charge is 0.346 e. The maximum atomic E-state index is 12.4. The first kappa shape index (κ1) is 21.6. The molecule has 25 heavy (non-hydrogen) atoms. The zero-order valence-electron chi connectivity index (χ0n) is 15.8. The molecule has 0 spiro atoms. The van der Waals surface area contributed by atoms with Crippen LogP contribution in [-0.4, -0.2) is 33.0 Å². The van der Waals surface area contributed by atoms with E-state index in [9.17, 15) is 13.2 Å². The summed E-state index contributed by atoms with van der Waals surface area (Å²) in [5.41, 5.74) is 5.74. The molecule has 1 amide bonds. The number of carbonyl (C=O) groups excluding carboxylic acids is 1. The van der Waals surface area contributed by atoms with Crippen LogP contribution in [0, 0.1) is 11.8 Å². The molecule has 0 radical (unpaired) electrons. The number of rotatable bonds is 9. The molecule has 0 aliphatic rings. The standard InChI is InChI=1S/C18H31N3O3S/c1-13(2)10-18(5,12-19)21-17(22)15-6-8-16(9-7-15)25(23,24)20-11-14(3)4/h6-9,13-14,20H,10-12,19H2,1-5H3,(H,21,22). The van der Waals surface area contributed by atoms with E-state index in [0.717, 1.165) is 6.42 Å². The highest BCUT2D eigenvalue weighted by atomic mass is 32.2. The second-order valence-corrected chi connectivity index (χ2v) is 9.35. The Bertz CT molecular complexity index is 669. The lowest BCUT2D eigenvalue weighted by molar-refractivity contribution is 0.0898. The van der Waals surface area contributed by atoms with Crippen LogP contribution in [0.2, 0.25) is 0 Å². The summed E-state index contributed by atoms with van der Waals surface area (Å²) in [6, 6.07) is 5.93. The lowest BCUT2D eigenvalue weighted by Gasteiger charge is -2.31. The minimum absolute atomic E-state index is 0.147. The zero-order valence-corrected chi connectivity index (χ0v) is 16.6. The molecule has 0 aliphatic heterocycles. The Hall–Kier alpha value is -1.44. The summed E-state index contributed by atoms with van der Waals surface area (Å²) in [5, 5.41) is 2.96. The van der Waals surface area contributed by atoms with Crippen LogP contribution in [0.4, 0.5) is 0 Å². The van der Waals surface area contributed by atoms with Gasteiger partial charge in [0, 0.05) is 24.2 Å². The van der Waals surface area contributed by atoms with Gasteiger partial charge in [0.15, 0.2) is 0 Å². The number of nitrogens with one attached hydrogen (secondary N) is 2. The third-order valence-corrected chi connectivity index (χ3v) is 5.27. The van der Waals surface area contributed by atoms with Crippen LogP contribution in [0.15, 0.2) is 29.2 Å². The van der Waals surface area contributed by atoms with Crippen LogP contribution >= 0.6 is 0 Å². The van der Waals surface area contributed by atoms with Gasteiger partial charge in [0.25, 0.3) is 5.91 Å². The molecule has 0 aromatic heterocycles. The van der Waals surface area contributed by atoms with Crippen molar-refractivity contribution in [2.45, 2.75) is 51.5 Å². The van der Waals surface area contributed by atoms with Crippen molar-refractivity contribution in [2.24, 2.45) is 17.6 Å². The van der Waals surface area contributed by atoms with Crippen molar-refractivity contribution in [3.63, 3.8) is 0 Å². The summed E-state index contributed by atoms with van der Waals surface area (Å²) in [6.45, 7) is 10.6. The maximum Gasteiger partial charge on any atom is 0.251 e. The highest BCUT2D eigenvalue weighted by Crippen LogP contribution is 2.17. The lowest BCUT2D eigenvalue weighted by atomic mass is 9.90. The molecule has 0 saturated carbocycles. The monoisotopic (exact) mass is 369 g/mol. The van der Waals surface area contributed by atoms with Crippen molar-refractivity contribution >= 4 is 15.9 Å². The van der Waals surface area contributed by atoms with Crippen LogP contribution in [0.3, 0.4) is 0 Å². The fraction of sp³-hybridized carbons (Fsp3) is 0.611. The summed E-state index contributed by atoms with van der Waals surface area (Å²) in [4.78, 5) is 12.6. The molecule has 0 bridgehead atoms. The summed E-state index contributed by atoms with van der Waals surface area (Å²) >= 11 is 0. The number of hydrogen-bond donors (Lipinski definition) is 3.